The second kappa shape index (κ2) is 4.98. The van der Waals surface area contributed by atoms with Gasteiger partial charge >= 0.3 is 0 Å². The summed E-state index contributed by atoms with van der Waals surface area (Å²) in [6.07, 6.45) is 2.38. The fraction of sp³-hybridized carbons (Fsp3) is 0.857. The van der Waals surface area contributed by atoms with Crippen molar-refractivity contribution in [3.63, 3.8) is 0 Å². The monoisotopic (exact) mass is 192 g/mol. The van der Waals surface area contributed by atoms with Crippen LogP contribution in [0.1, 0.15) is 33.1 Å². The minimum absolute atomic E-state index is 0.344. The SMILES string of the molecule is CCCC(=O)CC(C)Br. The maximum Gasteiger partial charge on any atom is 0.134 e. The number of hydrogen-bond donors (Lipinski definition) is 0. The van der Waals surface area contributed by atoms with E-state index in [1.807, 2.05) is 13.8 Å². The topological polar surface area (TPSA) is 17.1 Å². The molecule has 0 bridgehead atoms. The summed E-state index contributed by atoms with van der Waals surface area (Å²) in [6.45, 7) is 4.02. The van der Waals surface area contributed by atoms with Crippen molar-refractivity contribution < 1.29 is 4.79 Å². The Bertz CT molecular complexity index is 88.9. The fourth-order valence-corrected chi connectivity index (χ4v) is 1.06. The molecule has 0 spiro atoms. The maximum absolute atomic E-state index is 10.8. The third kappa shape index (κ3) is 6.03. The normalized spacial score (nSPS) is 13.2. The molecule has 0 aromatic heterocycles. The number of alkyl halides is 1. The van der Waals surface area contributed by atoms with Crippen LogP contribution in [0.2, 0.25) is 0 Å². The summed E-state index contributed by atoms with van der Waals surface area (Å²) in [5.74, 6) is 0.363. The van der Waals surface area contributed by atoms with Gasteiger partial charge in [0.05, 0.1) is 0 Å². The van der Waals surface area contributed by atoms with Crippen LogP contribution < -0.4 is 0 Å². The molecule has 1 nitrogen and oxygen atoms in total. The molecule has 0 aliphatic heterocycles. The van der Waals surface area contributed by atoms with E-state index in [2.05, 4.69) is 15.9 Å². The first kappa shape index (κ1) is 9.15. The quantitative estimate of drug-likeness (QED) is 0.627. The largest absolute Gasteiger partial charge is 0.300 e. The average molecular weight is 193 g/mol. The molecule has 0 aromatic rings. The summed E-state index contributed by atoms with van der Waals surface area (Å²) in [5, 5.41) is 0. The van der Waals surface area contributed by atoms with E-state index in [0.29, 0.717) is 17.0 Å². The van der Waals surface area contributed by atoms with Crippen molar-refractivity contribution >= 4 is 21.7 Å². The van der Waals surface area contributed by atoms with Crippen LogP contribution in [0.3, 0.4) is 0 Å². The third-order valence-electron chi connectivity index (χ3n) is 1.04. The number of carbonyl (C=O) groups excluding carboxylic acids is 1. The van der Waals surface area contributed by atoms with Gasteiger partial charge in [0.1, 0.15) is 5.78 Å². The highest BCUT2D eigenvalue weighted by molar-refractivity contribution is 9.09. The predicted molar refractivity (Wildman–Crippen MR) is 42.9 cm³/mol. The molecule has 0 saturated heterocycles. The molecular formula is C7H13BrO. The standard InChI is InChI=1S/C7H13BrO/c1-3-4-7(9)5-6(2)8/h6H,3-5H2,1-2H3. The van der Waals surface area contributed by atoms with Crippen LogP contribution in [-0.4, -0.2) is 10.6 Å². The molecule has 2 heteroatoms. The Morgan fingerprint density at radius 3 is 2.56 bits per heavy atom. The zero-order valence-corrected chi connectivity index (χ0v) is 7.57. The molecule has 0 aromatic carbocycles. The van der Waals surface area contributed by atoms with Crippen molar-refractivity contribution in [3.8, 4) is 0 Å². The summed E-state index contributed by atoms with van der Waals surface area (Å²) >= 11 is 3.32. The lowest BCUT2D eigenvalue weighted by molar-refractivity contribution is -0.118. The van der Waals surface area contributed by atoms with Crippen LogP contribution in [0, 0.1) is 0 Å². The van der Waals surface area contributed by atoms with Crippen molar-refractivity contribution in [3.05, 3.63) is 0 Å². The number of halogens is 1. The van der Waals surface area contributed by atoms with Gasteiger partial charge in [0.2, 0.25) is 0 Å². The van der Waals surface area contributed by atoms with Crippen molar-refractivity contribution in [2.24, 2.45) is 0 Å². The molecule has 0 fully saturated rings. The van der Waals surface area contributed by atoms with Gasteiger partial charge in [-0.25, -0.2) is 0 Å². The summed E-state index contributed by atoms with van der Waals surface area (Å²) in [7, 11) is 0. The molecule has 0 amide bonds. The van der Waals surface area contributed by atoms with Gasteiger partial charge < -0.3 is 0 Å². The lowest BCUT2D eigenvalue weighted by atomic mass is 10.1. The van der Waals surface area contributed by atoms with Gasteiger partial charge in [-0.15, -0.1) is 0 Å². The van der Waals surface area contributed by atoms with Crippen LogP contribution in [0.4, 0.5) is 0 Å². The summed E-state index contributed by atoms with van der Waals surface area (Å²) in [6, 6.07) is 0. The van der Waals surface area contributed by atoms with Gasteiger partial charge in [0, 0.05) is 17.7 Å². The smallest absolute Gasteiger partial charge is 0.134 e. The van der Waals surface area contributed by atoms with E-state index >= 15 is 0 Å². The zero-order valence-electron chi connectivity index (χ0n) is 5.98. The Hall–Kier alpha value is 0.150. The highest BCUT2D eigenvalue weighted by atomic mass is 79.9. The Labute approximate surface area is 65.0 Å². The summed E-state index contributed by atoms with van der Waals surface area (Å²) < 4.78 is 0. The molecule has 0 aliphatic carbocycles. The molecule has 9 heavy (non-hydrogen) atoms. The summed E-state index contributed by atoms with van der Waals surface area (Å²) in [4.78, 5) is 11.2. The Balaban J connectivity index is 3.27. The minimum Gasteiger partial charge on any atom is -0.300 e. The second-order valence-corrected chi connectivity index (χ2v) is 3.84. The van der Waals surface area contributed by atoms with E-state index in [-0.39, 0.29) is 0 Å². The highest BCUT2D eigenvalue weighted by Gasteiger charge is 2.03. The lowest BCUT2D eigenvalue weighted by Crippen LogP contribution is -2.02. The van der Waals surface area contributed by atoms with E-state index in [1.54, 1.807) is 0 Å². The maximum atomic E-state index is 10.8. The Morgan fingerprint density at radius 2 is 2.22 bits per heavy atom. The van der Waals surface area contributed by atoms with Crippen LogP contribution in [0.15, 0.2) is 0 Å². The van der Waals surface area contributed by atoms with Crippen molar-refractivity contribution in [1.82, 2.24) is 0 Å². The van der Waals surface area contributed by atoms with E-state index in [1.165, 1.54) is 0 Å². The molecule has 0 saturated carbocycles. The van der Waals surface area contributed by atoms with Crippen LogP contribution in [-0.2, 0) is 4.79 Å². The van der Waals surface area contributed by atoms with Gasteiger partial charge in [-0.3, -0.25) is 4.79 Å². The van der Waals surface area contributed by atoms with Crippen molar-refractivity contribution in [1.29, 1.82) is 0 Å². The van der Waals surface area contributed by atoms with Gasteiger partial charge in [-0.2, -0.15) is 0 Å². The van der Waals surface area contributed by atoms with Gasteiger partial charge in [-0.05, 0) is 6.42 Å². The van der Waals surface area contributed by atoms with E-state index < -0.39 is 0 Å². The fourth-order valence-electron chi connectivity index (χ4n) is 0.695. The first-order valence-electron chi connectivity index (χ1n) is 3.32. The Morgan fingerprint density at radius 1 is 1.67 bits per heavy atom. The number of carbonyl (C=O) groups is 1. The molecule has 0 rings (SSSR count). The first-order valence-corrected chi connectivity index (χ1v) is 4.24. The molecule has 1 unspecified atom stereocenters. The molecular weight excluding hydrogens is 180 g/mol. The average Bonchev–Trinajstić information content (AvgIpc) is 1.63. The number of ketones is 1. The molecule has 0 radical (unpaired) electrons. The van der Waals surface area contributed by atoms with E-state index in [9.17, 15) is 4.79 Å². The minimum atomic E-state index is 0.344. The van der Waals surface area contributed by atoms with Crippen LogP contribution in [0.5, 0.6) is 0 Å². The predicted octanol–water partition coefficient (Wildman–Crippen LogP) is 2.53. The van der Waals surface area contributed by atoms with Crippen molar-refractivity contribution in [2.45, 2.75) is 37.9 Å². The zero-order chi connectivity index (χ0) is 7.28. The molecule has 0 heterocycles. The first-order chi connectivity index (χ1) is 4.16. The molecule has 1 atom stereocenters. The van der Waals surface area contributed by atoms with Crippen LogP contribution >= 0.6 is 15.9 Å². The molecule has 0 aliphatic rings. The third-order valence-corrected chi connectivity index (χ3v) is 1.36. The number of Topliss-reactive ketones (excluding diaryl/α,β-unsaturated/α-hetero) is 1. The van der Waals surface area contributed by atoms with Crippen molar-refractivity contribution in [2.75, 3.05) is 0 Å². The van der Waals surface area contributed by atoms with Crippen LogP contribution in [0.25, 0.3) is 0 Å². The number of hydrogen-bond acceptors (Lipinski definition) is 1. The van der Waals surface area contributed by atoms with Gasteiger partial charge in [0.15, 0.2) is 0 Å². The van der Waals surface area contributed by atoms with Gasteiger partial charge in [-0.1, -0.05) is 29.8 Å². The molecule has 54 valence electrons. The highest BCUT2D eigenvalue weighted by Crippen LogP contribution is 2.06. The van der Waals surface area contributed by atoms with E-state index in [4.69, 9.17) is 0 Å². The second-order valence-electron chi connectivity index (χ2n) is 2.27. The summed E-state index contributed by atoms with van der Waals surface area (Å²) in [5.41, 5.74) is 0. The number of rotatable bonds is 4. The molecule has 0 N–H and O–H groups in total. The van der Waals surface area contributed by atoms with Gasteiger partial charge in [0.25, 0.3) is 0 Å². The lowest BCUT2D eigenvalue weighted by Gasteiger charge is -1.98. The Kier molecular flexibility index (Phi) is 5.06. The van der Waals surface area contributed by atoms with E-state index in [0.717, 1.165) is 12.8 Å².